The molecule has 8 heteroatoms. The van der Waals surface area contributed by atoms with E-state index >= 15 is 0 Å². The van der Waals surface area contributed by atoms with Crippen molar-refractivity contribution in [3.63, 3.8) is 0 Å². The maximum atomic E-state index is 11.4. The average molecular weight is 381 g/mol. The van der Waals surface area contributed by atoms with E-state index in [0.717, 1.165) is 11.3 Å². The number of rotatable bonds is 9. The lowest BCUT2D eigenvalue weighted by Crippen LogP contribution is -2.37. The standard InChI is InChI=1S/C20H23N5O3/c1-14(2)11-18(19(26)27)21-13-15-7-6-10-17(12-15)28-20-22-23-24-25(20)16-8-4-3-5-9-16/h3-10,12,14,18,21H,11,13H2,1-2H3,(H,26,27). The monoisotopic (exact) mass is 381 g/mol. The van der Waals surface area contributed by atoms with Crippen molar-refractivity contribution in [1.82, 2.24) is 25.5 Å². The molecule has 8 nitrogen and oxygen atoms in total. The number of para-hydroxylation sites is 1. The molecule has 0 amide bonds. The van der Waals surface area contributed by atoms with Crippen LogP contribution in [0.15, 0.2) is 54.6 Å². The fourth-order valence-corrected chi connectivity index (χ4v) is 2.78. The molecule has 0 aliphatic heterocycles. The van der Waals surface area contributed by atoms with Crippen molar-refractivity contribution in [2.24, 2.45) is 5.92 Å². The molecule has 0 aliphatic rings. The molecule has 0 radical (unpaired) electrons. The summed E-state index contributed by atoms with van der Waals surface area (Å²) in [4.78, 5) is 11.4. The molecule has 3 rings (SSSR count). The van der Waals surface area contributed by atoms with Gasteiger partial charge in [0.25, 0.3) is 0 Å². The number of aromatic nitrogens is 4. The number of benzene rings is 2. The summed E-state index contributed by atoms with van der Waals surface area (Å²) in [5.41, 5.74) is 1.70. The van der Waals surface area contributed by atoms with Crippen molar-refractivity contribution in [2.45, 2.75) is 32.9 Å². The van der Waals surface area contributed by atoms with Crippen molar-refractivity contribution in [2.75, 3.05) is 0 Å². The van der Waals surface area contributed by atoms with Crippen molar-refractivity contribution in [1.29, 1.82) is 0 Å². The van der Waals surface area contributed by atoms with Crippen LogP contribution in [0.2, 0.25) is 0 Å². The van der Waals surface area contributed by atoms with Crippen LogP contribution in [0.3, 0.4) is 0 Å². The van der Waals surface area contributed by atoms with Crippen LogP contribution in [0.1, 0.15) is 25.8 Å². The number of carbonyl (C=O) groups is 1. The molecule has 0 fully saturated rings. The molecular weight excluding hydrogens is 358 g/mol. The summed E-state index contributed by atoms with van der Waals surface area (Å²) in [6, 6.07) is 16.5. The van der Waals surface area contributed by atoms with Gasteiger partial charge >= 0.3 is 12.0 Å². The smallest absolute Gasteiger partial charge is 0.345 e. The Morgan fingerprint density at radius 2 is 1.96 bits per heavy atom. The van der Waals surface area contributed by atoms with Crippen molar-refractivity contribution in [3.8, 4) is 17.4 Å². The minimum absolute atomic E-state index is 0.250. The Balaban J connectivity index is 1.69. The lowest BCUT2D eigenvalue weighted by atomic mass is 10.0. The van der Waals surface area contributed by atoms with Crippen LogP contribution in [0.25, 0.3) is 5.69 Å². The Morgan fingerprint density at radius 3 is 2.68 bits per heavy atom. The van der Waals surface area contributed by atoms with Crippen LogP contribution in [-0.4, -0.2) is 37.3 Å². The van der Waals surface area contributed by atoms with Crippen molar-refractivity contribution in [3.05, 3.63) is 60.2 Å². The first-order chi connectivity index (χ1) is 13.5. The fraction of sp³-hybridized carbons (Fsp3) is 0.300. The lowest BCUT2D eigenvalue weighted by molar-refractivity contribution is -0.140. The highest BCUT2D eigenvalue weighted by molar-refractivity contribution is 5.73. The van der Waals surface area contributed by atoms with E-state index < -0.39 is 12.0 Å². The number of tetrazole rings is 1. The Hall–Kier alpha value is -3.26. The van der Waals surface area contributed by atoms with Gasteiger partial charge in [-0.1, -0.05) is 49.3 Å². The average Bonchev–Trinajstić information content (AvgIpc) is 3.14. The van der Waals surface area contributed by atoms with Crippen LogP contribution in [0, 0.1) is 5.92 Å². The molecule has 146 valence electrons. The van der Waals surface area contributed by atoms with Crippen LogP contribution >= 0.6 is 0 Å². The molecular formula is C20H23N5O3. The zero-order valence-electron chi connectivity index (χ0n) is 15.8. The molecule has 0 saturated carbocycles. The van der Waals surface area contributed by atoms with Crippen LogP contribution in [-0.2, 0) is 11.3 Å². The van der Waals surface area contributed by atoms with E-state index in [2.05, 4.69) is 20.8 Å². The molecule has 28 heavy (non-hydrogen) atoms. The summed E-state index contributed by atoms with van der Waals surface area (Å²) >= 11 is 0. The molecule has 0 spiro atoms. The number of carboxylic acids is 1. The number of nitrogens with zero attached hydrogens (tertiary/aromatic N) is 4. The predicted molar refractivity (Wildman–Crippen MR) is 103 cm³/mol. The highest BCUT2D eigenvalue weighted by Crippen LogP contribution is 2.22. The van der Waals surface area contributed by atoms with Gasteiger partial charge in [-0.3, -0.25) is 4.79 Å². The Morgan fingerprint density at radius 1 is 1.18 bits per heavy atom. The molecule has 1 heterocycles. The summed E-state index contributed by atoms with van der Waals surface area (Å²) in [5, 5.41) is 24.0. The molecule has 2 N–H and O–H groups in total. The number of hydrogen-bond donors (Lipinski definition) is 2. The molecule has 0 aliphatic carbocycles. The molecule has 2 aromatic carbocycles. The van der Waals surface area contributed by atoms with E-state index in [-0.39, 0.29) is 6.01 Å². The largest absolute Gasteiger partial charge is 0.480 e. The molecule has 1 aromatic heterocycles. The first kappa shape index (κ1) is 19.5. The van der Waals surface area contributed by atoms with Crippen LogP contribution < -0.4 is 10.1 Å². The first-order valence-electron chi connectivity index (χ1n) is 9.09. The van der Waals surface area contributed by atoms with Crippen molar-refractivity contribution >= 4 is 5.97 Å². The zero-order valence-corrected chi connectivity index (χ0v) is 15.8. The normalized spacial score (nSPS) is 12.1. The second kappa shape index (κ2) is 9.09. The number of hydrogen-bond acceptors (Lipinski definition) is 6. The molecule has 1 atom stereocenters. The minimum atomic E-state index is -0.844. The topological polar surface area (TPSA) is 102 Å². The second-order valence-corrected chi connectivity index (χ2v) is 6.86. The van der Waals surface area contributed by atoms with Crippen molar-refractivity contribution < 1.29 is 14.6 Å². The Bertz CT molecular complexity index is 911. The van der Waals surface area contributed by atoms with E-state index in [1.165, 1.54) is 4.68 Å². The lowest BCUT2D eigenvalue weighted by Gasteiger charge is -2.16. The summed E-state index contributed by atoms with van der Waals surface area (Å²) < 4.78 is 7.35. The van der Waals surface area contributed by atoms with Gasteiger partial charge in [0.05, 0.1) is 5.69 Å². The number of nitrogens with one attached hydrogen (secondary N) is 1. The highest BCUT2D eigenvalue weighted by Gasteiger charge is 2.18. The van der Waals surface area contributed by atoms with Gasteiger partial charge < -0.3 is 15.2 Å². The molecule has 0 bridgehead atoms. The minimum Gasteiger partial charge on any atom is -0.480 e. The fourth-order valence-electron chi connectivity index (χ4n) is 2.78. The van der Waals surface area contributed by atoms with Gasteiger partial charge in [0, 0.05) is 6.54 Å². The van der Waals surface area contributed by atoms with E-state index in [9.17, 15) is 9.90 Å². The number of carboxylic acid groups (broad SMARTS) is 1. The van der Waals surface area contributed by atoms with Gasteiger partial charge in [-0.15, -0.1) is 0 Å². The maximum Gasteiger partial charge on any atom is 0.345 e. The predicted octanol–water partition coefficient (Wildman–Crippen LogP) is 3.04. The second-order valence-electron chi connectivity index (χ2n) is 6.86. The van der Waals surface area contributed by atoms with Crippen LogP contribution in [0.5, 0.6) is 11.8 Å². The zero-order chi connectivity index (χ0) is 19.9. The third-order valence-corrected chi connectivity index (χ3v) is 4.11. The van der Waals surface area contributed by atoms with Gasteiger partial charge in [-0.25, -0.2) is 0 Å². The third kappa shape index (κ3) is 5.14. The molecule has 1 unspecified atom stereocenters. The highest BCUT2D eigenvalue weighted by atomic mass is 16.5. The Kier molecular flexibility index (Phi) is 6.33. The van der Waals surface area contributed by atoms with Gasteiger partial charge in [-0.2, -0.15) is 4.68 Å². The number of ether oxygens (including phenoxy) is 1. The summed E-state index contributed by atoms with van der Waals surface area (Å²) in [6.45, 7) is 4.43. The van der Waals surface area contributed by atoms with Gasteiger partial charge in [-0.05, 0) is 52.6 Å². The summed E-state index contributed by atoms with van der Waals surface area (Å²) in [7, 11) is 0. The van der Waals surface area contributed by atoms with E-state index in [0.29, 0.717) is 24.6 Å². The van der Waals surface area contributed by atoms with E-state index in [1.807, 2.05) is 62.4 Å². The van der Waals surface area contributed by atoms with Gasteiger partial charge in [0.15, 0.2) is 0 Å². The summed E-state index contributed by atoms with van der Waals surface area (Å²) in [6.07, 6.45) is 0.567. The third-order valence-electron chi connectivity index (χ3n) is 4.11. The number of aliphatic carboxylic acids is 1. The Labute approximate surface area is 163 Å². The molecule has 0 saturated heterocycles. The SMILES string of the molecule is CC(C)CC(NCc1cccc(Oc2nnnn2-c2ccccc2)c1)C(=O)O. The first-order valence-corrected chi connectivity index (χ1v) is 9.09. The van der Waals surface area contributed by atoms with Crippen LogP contribution in [0.4, 0.5) is 0 Å². The van der Waals surface area contributed by atoms with E-state index in [1.54, 1.807) is 6.07 Å². The summed E-state index contributed by atoms with van der Waals surface area (Å²) in [5.74, 6) is 0.0188. The van der Waals surface area contributed by atoms with Gasteiger partial charge in [0.2, 0.25) is 0 Å². The molecule has 3 aromatic rings. The van der Waals surface area contributed by atoms with E-state index in [4.69, 9.17) is 4.74 Å². The quantitative estimate of drug-likeness (QED) is 0.587. The maximum absolute atomic E-state index is 11.4. The van der Waals surface area contributed by atoms with Gasteiger partial charge in [0.1, 0.15) is 11.8 Å².